The molecule has 2 heteroatoms. The summed E-state index contributed by atoms with van der Waals surface area (Å²) < 4.78 is 12.6. The summed E-state index contributed by atoms with van der Waals surface area (Å²) in [7, 11) is 0. The van der Waals surface area contributed by atoms with Crippen LogP contribution in [0.25, 0.3) is 0 Å². The Labute approximate surface area is 65.1 Å². The molecule has 1 nitrogen and oxygen atoms in total. The summed E-state index contributed by atoms with van der Waals surface area (Å²) in [6, 6.07) is 6.10. The first kappa shape index (κ1) is 7.74. The molecule has 0 aliphatic carbocycles. The highest BCUT2D eigenvalue weighted by molar-refractivity contribution is 5.33. The maximum absolute atomic E-state index is 12.6. The molecule has 0 saturated carbocycles. The van der Waals surface area contributed by atoms with Crippen LogP contribution in [-0.2, 0) is 6.42 Å². The molecule has 0 aliphatic heterocycles. The van der Waals surface area contributed by atoms with E-state index in [1.807, 2.05) is 6.07 Å². The molecule has 1 aromatic rings. The predicted octanol–water partition coefficient (Wildman–Crippen LogP) is 2.07. The van der Waals surface area contributed by atoms with E-state index < -0.39 is 0 Å². The van der Waals surface area contributed by atoms with E-state index in [0.717, 1.165) is 5.56 Å². The molecule has 55 valence electrons. The number of nitriles is 1. The fraction of sp³-hybridized carbons (Fsp3) is 0.111. The van der Waals surface area contributed by atoms with Gasteiger partial charge in [-0.3, -0.25) is 0 Å². The zero-order chi connectivity index (χ0) is 8.27. The average molecular weight is 148 g/mol. The summed E-state index contributed by atoms with van der Waals surface area (Å²) in [5.74, 6) is -0.372. The summed E-state index contributed by atoms with van der Waals surface area (Å²) in [4.78, 5) is 0. The lowest BCUT2D eigenvalue weighted by Gasteiger charge is -1.96. The molecule has 0 spiro atoms. The van der Waals surface area contributed by atoms with Crippen molar-refractivity contribution < 1.29 is 4.39 Å². The van der Waals surface area contributed by atoms with Crippen molar-refractivity contribution in [2.75, 3.05) is 0 Å². The molecule has 0 aliphatic rings. The molecular formula is C9H7FN. The minimum absolute atomic E-state index is 0.351. The van der Waals surface area contributed by atoms with Gasteiger partial charge in [0.15, 0.2) is 0 Å². The van der Waals surface area contributed by atoms with Gasteiger partial charge in [-0.05, 0) is 37.1 Å². The molecule has 0 saturated heterocycles. The monoisotopic (exact) mass is 148 g/mol. The lowest BCUT2D eigenvalue weighted by molar-refractivity contribution is 0.625. The van der Waals surface area contributed by atoms with Crippen LogP contribution in [0.4, 0.5) is 4.39 Å². The second-order valence-electron chi connectivity index (χ2n) is 2.21. The van der Waals surface area contributed by atoms with Crippen molar-refractivity contribution in [3.63, 3.8) is 0 Å². The van der Waals surface area contributed by atoms with E-state index in [2.05, 4.69) is 6.92 Å². The first-order valence-corrected chi connectivity index (χ1v) is 3.25. The van der Waals surface area contributed by atoms with E-state index in [4.69, 9.17) is 5.26 Å². The van der Waals surface area contributed by atoms with Gasteiger partial charge in [-0.2, -0.15) is 5.26 Å². The van der Waals surface area contributed by atoms with Crippen LogP contribution in [-0.4, -0.2) is 0 Å². The second kappa shape index (κ2) is 3.16. The van der Waals surface area contributed by atoms with Gasteiger partial charge < -0.3 is 0 Å². The van der Waals surface area contributed by atoms with Crippen LogP contribution in [0.15, 0.2) is 18.2 Å². The molecule has 0 fully saturated rings. The molecule has 0 unspecified atom stereocenters. The minimum Gasteiger partial charge on any atom is -0.207 e. The average Bonchev–Trinajstić information content (AvgIpc) is 2.03. The zero-order valence-electron chi connectivity index (χ0n) is 5.97. The van der Waals surface area contributed by atoms with Crippen molar-refractivity contribution in [1.82, 2.24) is 0 Å². The van der Waals surface area contributed by atoms with Gasteiger partial charge in [-0.15, -0.1) is 0 Å². The third-order valence-corrected chi connectivity index (χ3v) is 1.38. The van der Waals surface area contributed by atoms with Crippen LogP contribution in [0.3, 0.4) is 0 Å². The van der Waals surface area contributed by atoms with Crippen molar-refractivity contribution in [2.45, 2.75) is 6.42 Å². The minimum atomic E-state index is -0.372. The summed E-state index contributed by atoms with van der Waals surface area (Å²) in [6.07, 6.45) is 0.506. The van der Waals surface area contributed by atoms with Crippen LogP contribution >= 0.6 is 0 Å². The molecule has 0 N–H and O–H groups in total. The summed E-state index contributed by atoms with van der Waals surface area (Å²) in [5, 5.41) is 8.44. The Morgan fingerprint density at radius 1 is 1.45 bits per heavy atom. The quantitative estimate of drug-likeness (QED) is 0.598. The van der Waals surface area contributed by atoms with Crippen molar-refractivity contribution in [1.29, 1.82) is 5.26 Å². The number of hydrogen-bond donors (Lipinski definition) is 0. The fourth-order valence-corrected chi connectivity index (χ4v) is 0.859. The Morgan fingerprint density at radius 3 is 2.73 bits per heavy atom. The zero-order valence-corrected chi connectivity index (χ0v) is 5.97. The van der Waals surface area contributed by atoms with E-state index in [0.29, 0.717) is 12.0 Å². The van der Waals surface area contributed by atoms with Crippen LogP contribution in [0.5, 0.6) is 0 Å². The first-order chi connectivity index (χ1) is 5.26. The number of hydrogen-bond acceptors (Lipinski definition) is 1. The maximum atomic E-state index is 12.6. The molecule has 0 bridgehead atoms. The summed E-state index contributed by atoms with van der Waals surface area (Å²) in [5.41, 5.74) is 1.10. The molecular weight excluding hydrogens is 141 g/mol. The topological polar surface area (TPSA) is 23.8 Å². The Kier molecular flexibility index (Phi) is 2.22. The first-order valence-electron chi connectivity index (χ1n) is 3.25. The molecule has 11 heavy (non-hydrogen) atoms. The van der Waals surface area contributed by atoms with Crippen LogP contribution < -0.4 is 0 Å². The lowest BCUT2D eigenvalue weighted by Crippen LogP contribution is -1.85. The van der Waals surface area contributed by atoms with Crippen molar-refractivity contribution in [3.8, 4) is 6.07 Å². The van der Waals surface area contributed by atoms with Gasteiger partial charge in [0.25, 0.3) is 0 Å². The SMILES string of the molecule is [CH2]Cc1cc(F)cc(C#N)c1. The van der Waals surface area contributed by atoms with Gasteiger partial charge in [-0.1, -0.05) is 0 Å². The smallest absolute Gasteiger partial charge is 0.124 e. The predicted molar refractivity (Wildman–Crippen MR) is 40.2 cm³/mol. The third-order valence-electron chi connectivity index (χ3n) is 1.38. The molecule has 1 aromatic carbocycles. The largest absolute Gasteiger partial charge is 0.207 e. The normalized spacial score (nSPS) is 9.18. The van der Waals surface area contributed by atoms with E-state index in [9.17, 15) is 4.39 Å². The highest BCUT2D eigenvalue weighted by Crippen LogP contribution is 2.08. The van der Waals surface area contributed by atoms with Crippen LogP contribution in [0.2, 0.25) is 0 Å². The Bertz CT molecular complexity index is 299. The highest BCUT2D eigenvalue weighted by Gasteiger charge is 1.97. The van der Waals surface area contributed by atoms with Gasteiger partial charge >= 0.3 is 0 Å². The highest BCUT2D eigenvalue weighted by atomic mass is 19.1. The Morgan fingerprint density at radius 2 is 2.18 bits per heavy atom. The third kappa shape index (κ3) is 1.78. The van der Waals surface area contributed by atoms with Crippen LogP contribution in [0.1, 0.15) is 11.1 Å². The van der Waals surface area contributed by atoms with Crippen molar-refractivity contribution in [3.05, 3.63) is 42.1 Å². The fourth-order valence-electron chi connectivity index (χ4n) is 0.859. The van der Waals surface area contributed by atoms with Crippen molar-refractivity contribution in [2.24, 2.45) is 0 Å². The van der Waals surface area contributed by atoms with E-state index in [1.54, 1.807) is 6.07 Å². The standard InChI is InChI=1S/C9H7FN/c1-2-7-3-8(6-11)5-9(10)4-7/h3-5H,1-2H2. The van der Waals surface area contributed by atoms with Gasteiger partial charge in [0.2, 0.25) is 0 Å². The lowest BCUT2D eigenvalue weighted by atomic mass is 10.1. The van der Waals surface area contributed by atoms with Gasteiger partial charge in [0.05, 0.1) is 11.6 Å². The van der Waals surface area contributed by atoms with E-state index in [-0.39, 0.29) is 5.82 Å². The van der Waals surface area contributed by atoms with Crippen LogP contribution in [0, 0.1) is 24.1 Å². The van der Waals surface area contributed by atoms with Gasteiger partial charge in [0.1, 0.15) is 5.82 Å². The molecule has 1 rings (SSSR count). The maximum Gasteiger partial charge on any atom is 0.124 e. The number of halogens is 1. The van der Waals surface area contributed by atoms with E-state index in [1.165, 1.54) is 12.1 Å². The molecule has 0 atom stereocenters. The Balaban J connectivity index is 3.15. The number of benzene rings is 1. The summed E-state index contributed by atoms with van der Waals surface area (Å²) in [6.45, 7) is 3.60. The van der Waals surface area contributed by atoms with Crippen molar-refractivity contribution >= 4 is 0 Å². The molecule has 0 amide bonds. The second-order valence-corrected chi connectivity index (χ2v) is 2.21. The molecule has 1 radical (unpaired) electrons. The number of nitrogens with zero attached hydrogens (tertiary/aromatic N) is 1. The Hall–Kier alpha value is -1.36. The van der Waals surface area contributed by atoms with Gasteiger partial charge in [0, 0.05) is 0 Å². The molecule has 0 aromatic heterocycles. The van der Waals surface area contributed by atoms with E-state index >= 15 is 0 Å². The molecule has 0 heterocycles. The van der Waals surface area contributed by atoms with Gasteiger partial charge in [-0.25, -0.2) is 4.39 Å². The number of rotatable bonds is 1. The summed E-state index contributed by atoms with van der Waals surface area (Å²) >= 11 is 0.